The lowest BCUT2D eigenvalue weighted by Gasteiger charge is -2.14. The van der Waals surface area contributed by atoms with Crippen molar-refractivity contribution in [3.63, 3.8) is 0 Å². The van der Waals surface area contributed by atoms with Gasteiger partial charge < -0.3 is 5.73 Å². The van der Waals surface area contributed by atoms with Crippen molar-refractivity contribution in [1.82, 2.24) is 0 Å². The fourth-order valence-electron chi connectivity index (χ4n) is 0.977. The van der Waals surface area contributed by atoms with Gasteiger partial charge >= 0.3 is 0 Å². The van der Waals surface area contributed by atoms with Crippen LogP contribution in [0.3, 0.4) is 0 Å². The number of thiophene rings is 1. The summed E-state index contributed by atoms with van der Waals surface area (Å²) in [5.41, 5.74) is 7.11. The highest BCUT2D eigenvalue weighted by Gasteiger charge is 2.16. The van der Waals surface area contributed by atoms with Crippen LogP contribution < -0.4 is 5.73 Å². The molecule has 1 aromatic heterocycles. The second-order valence-corrected chi connectivity index (χ2v) is 4.66. The average Bonchev–Trinajstić information content (AvgIpc) is 2.32. The van der Waals surface area contributed by atoms with Crippen LogP contribution in [-0.2, 0) is 0 Å². The molecular formula is C9H14ClNS. The zero-order chi connectivity index (χ0) is 9.30. The van der Waals surface area contributed by atoms with Crippen molar-refractivity contribution in [1.29, 1.82) is 0 Å². The van der Waals surface area contributed by atoms with Gasteiger partial charge in [0, 0.05) is 10.9 Å². The molecule has 12 heavy (non-hydrogen) atoms. The van der Waals surface area contributed by atoms with Gasteiger partial charge in [-0.15, -0.1) is 11.3 Å². The minimum atomic E-state index is 0.0798. The molecule has 0 aromatic carbocycles. The molecule has 0 amide bonds. The molecule has 0 saturated heterocycles. The van der Waals surface area contributed by atoms with Gasteiger partial charge in [-0.3, -0.25) is 0 Å². The van der Waals surface area contributed by atoms with Crippen molar-refractivity contribution in [2.24, 2.45) is 11.7 Å². The largest absolute Gasteiger partial charge is 0.323 e. The molecular weight excluding hydrogens is 190 g/mol. The molecule has 0 aliphatic heterocycles. The summed E-state index contributed by atoms with van der Waals surface area (Å²) in [7, 11) is 0. The lowest BCUT2D eigenvalue weighted by Crippen LogP contribution is -2.15. The number of aryl methyl sites for hydroxylation is 1. The Kier molecular flexibility index (Phi) is 3.16. The number of rotatable bonds is 2. The van der Waals surface area contributed by atoms with E-state index in [-0.39, 0.29) is 6.04 Å². The molecule has 0 bridgehead atoms. The third-order valence-corrected chi connectivity index (χ3v) is 3.76. The zero-order valence-corrected chi connectivity index (χ0v) is 9.17. The van der Waals surface area contributed by atoms with Crippen LogP contribution in [0.1, 0.15) is 30.3 Å². The molecule has 3 heteroatoms. The number of nitrogens with two attached hydrogens (primary N) is 1. The summed E-state index contributed by atoms with van der Waals surface area (Å²) in [6.45, 7) is 6.22. The fourth-order valence-corrected chi connectivity index (χ4v) is 2.47. The van der Waals surface area contributed by atoms with Crippen LogP contribution >= 0.6 is 22.9 Å². The highest BCUT2D eigenvalue weighted by Crippen LogP contribution is 2.34. The molecule has 2 N–H and O–H groups in total. The van der Waals surface area contributed by atoms with Crippen LogP contribution in [0.2, 0.25) is 5.02 Å². The van der Waals surface area contributed by atoms with E-state index in [1.807, 2.05) is 6.92 Å². The topological polar surface area (TPSA) is 26.0 Å². The van der Waals surface area contributed by atoms with Gasteiger partial charge in [-0.05, 0) is 23.8 Å². The van der Waals surface area contributed by atoms with Gasteiger partial charge in [0.25, 0.3) is 0 Å². The molecule has 1 aromatic rings. The van der Waals surface area contributed by atoms with E-state index < -0.39 is 0 Å². The minimum absolute atomic E-state index is 0.0798. The molecule has 1 atom stereocenters. The van der Waals surface area contributed by atoms with Crippen molar-refractivity contribution in [2.75, 3.05) is 0 Å². The van der Waals surface area contributed by atoms with E-state index in [2.05, 4.69) is 19.2 Å². The Labute approximate surface area is 82.5 Å². The Hall–Kier alpha value is -0.0500. The average molecular weight is 204 g/mol. The standard InChI is InChI=1S/C9H14ClNS/c1-5(2)8(11)9-7(10)6(3)4-12-9/h4-5,8H,11H2,1-3H3. The molecule has 0 fully saturated rings. The summed E-state index contributed by atoms with van der Waals surface area (Å²) in [6.07, 6.45) is 0. The highest BCUT2D eigenvalue weighted by atomic mass is 35.5. The highest BCUT2D eigenvalue weighted by molar-refractivity contribution is 7.10. The van der Waals surface area contributed by atoms with E-state index in [1.54, 1.807) is 11.3 Å². The van der Waals surface area contributed by atoms with Crippen molar-refractivity contribution >= 4 is 22.9 Å². The smallest absolute Gasteiger partial charge is 0.0590 e. The Bertz CT molecular complexity index is 267. The van der Waals surface area contributed by atoms with Crippen LogP contribution in [0.15, 0.2) is 5.38 Å². The normalized spacial score (nSPS) is 13.8. The van der Waals surface area contributed by atoms with E-state index >= 15 is 0 Å². The monoisotopic (exact) mass is 203 g/mol. The Morgan fingerprint density at radius 2 is 2.08 bits per heavy atom. The number of hydrogen-bond donors (Lipinski definition) is 1. The fraction of sp³-hybridized carbons (Fsp3) is 0.556. The maximum absolute atomic E-state index is 6.08. The van der Waals surface area contributed by atoms with E-state index in [4.69, 9.17) is 17.3 Å². The van der Waals surface area contributed by atoms with Crippen molar-refractivity contribution in [2.45, 2.75) is 26.8 Å². The van der Waals surface area contributed by atoms with Gasteiger partial charge in [-0.1, -0.05) is 25.4 Å². The predicted octanol–water partition coefficient (Wildman–Crippen LogP) is 3.37. The van der Waals surface area contributed by atoms with Crippen LogP contribution in [0.5, 0.6) is 0 Å². The maximum atomic E-state index is 6.08. The quantitative estimate of drug-likeness (QED) is 0.784. The van der Waals surface area contributed by atoms with Crippen LogP contribution in [0, 0.1) is 12.8 Å². The van der Waals surface area contributed by atoms with E-state index in [9.17, 15) is 0 Å². The van der Waals surface area contributed by atoms with Crippen molar-refractivity contribution < 1.29 is 0 Å². The number of hydrogen-bond acceptors (Lipinski definition) is 2. The summed E-state index contributed by atoms with van der Waals surface area (Å²) in [5.74, 6) is 0.445. The van der Waals surface area contributed by atoms with Gasteiger partial charge in [0.2, 0.25) is 0 Å². The first-order valence-electron chi connectivity index (χ1n) is 4.03. The Morgan fingerprint density at radius 1 is 1.50 bits per heavy atom. The van der Waals surface area contributed by atoms with Crippen molar-refractivity contribution in [3.8, 4) is 0 Å². The summed E-state index contributed by atoms with van der Waals surface area (Å²) >= 11 is 7.73. The zero-order valence-electron chi connectivity index (χ0n) is 7.60. The van der Waals surface area contributed by atoms with E-state index in [0.717, 1.165) is 15.5 Å². The second-order valence-electron chi connectivity index (χ2n) is 3.37. The van der Waals surface area contributed by atoms with E-state index in [1.165, 1.54) is 0 Å². The SMILES string of the molecule is Cc1csc(C(N)C(C)C)c1Cl. The van der Waals surface area contributed by atoms with Gasteiger partial charge in [-0.2, -0.15) is 0 Å². The summed E-state index contributed by atoms with van der Waals surface area (Å²) in [4.78, 5) is 1.11. The van der Waals surface area contributed by atoms with Crippen LogP contribution in [0.4, 0.5) is 0 Å². The third-order valence-electron chi connectivity index (χ3n) is 1.95. The molecule has 1 rings (SSSR count). The van der Waals surface area contributed by atoms with Crippen LogP contribution in [0.25, 0.3) is 0 Å². The first kappa shape index (κ1) is 10.0. The molecule has 0 aliphatic rings. The molecule has 0 aliphatic carbocycles. The molecule has 68 valence electrons. The molecule has 1 nitrogen and oxygen atoms in total. The van der Waals surface area contributed by atoms with Gasteiger partial charge in [0.05, 0.1) is 5.02 Å². The first-order valence-corrected chi connectivity index (χ1v) is 5.29. The van der Waals surface area contributed by atoms with Crippen molar-refractivity contribution in [3.05, 3.63) is 20.8 Å². The summed E-state index contributed by atoms with van der Waals surface area (Å²) in [6, 6.07) is 0.0798. The van der Waals surface area contributed by atoms with Crippen LogP contribution in [-0.4, -0.2) is 0 Å². The maximum Gasteiger partial charge on any atom is 0.0590 e. The predicted molar refractivity (Wildman–Crippen MR) is 55.8 cm³/mol. The molecule has 0 saturated carbocycles. The lowest BCUT2D eigenvalue weighted by atomic mass is 10.0. The Morgan fingerprint density at radius 3 is 2.42 bits per heavy atom. The molecule has 0 radical (unpaired) electrons. The third kappa shape index (κ3) is 1.82. The second kappa shape index (κ2) is 3.77. The minimum Gasteiger partial charge on any atom is -0.323 e. The van der Waals surface area contributed by atoms with Gasteiger partial charge in [-0.25, -0.2) is 0 Å². The first-order chi connectivity index (χ1) is 5.54. The molecule has 1 unspecified atom stereocenters. The summed E-state index contributed by atoms with van der Waals surface area (Å²) < 4.78 is 0. The number of halogens is 1. The molecule has 1 heterocycles. The summed E-state index contributed by atoms with van der Waals surface area (Å²) in [5, 5.41) is 2.90. The van der Waals surface area contributed by atoms with Gasteiger partial charge in [0.15, 0.2) is 0 Å². The lowest BCUT2D eigenvalue weighted by molar-refractivity contribution is 0.521. The van der Waals surface area contributed by atoms with Gasteiger partial charge in [0.1, 0.15) is 0 Å². The van der Waals surface area contributed by atoms with E-state index in [0.29, 0.717) is 5.92 Å². The molecule has 0 spiro atoms. The Balaban J connectivity index is 2.95.